The van der Waals surface area contributed by atoms with E-state index in [0.29, 0.717) is 23.2 Å². The molecule has 0 atom stereocenters. The molecular formula is C23H26FN3O3S. The SMILES string of the molecule is COc1ccc(F)cc1Nc1nc(-c2ccc(OCCCN3CCOCC3)cc2)cs1. The van der Waals surface area contributed by atoms with Crippen molar-refractivity contribution in [2.75, 3.05) is 51.9 Å². The second-order valence-corrected chi connectivity index (χ2v) is 8.05. The maximum absolute atomic E-state index is 13.6. The van der Waals surface area contributed by atoms with Crippen LogP contribution in [0.4, 0.5) is 15.2 Å². The minimum absolute atomic E-state index is 0.333. The Balaban J connectivity index is 1.30. The van der Waals surface area contributed by atoms with E-state index < -0.39 is 0 Å². The molecule has 1 aromatic heterocycles. The van der Waals surface area contributed by atoms with Crippen molar-refractivity contribution in [3.63, 3.8) is 0 Å². The van der Waals surface area contributed by atoms with Crippen molar-refractivity contribution in [2.24, 2.45) is 0 Å². The van der Waals surface area contributed by atoms with E-state index in [0.717, 1.165) is 56.3 Å². The van der Waals surface area contributed by atoms with Crippen LogP contribution in [0.25, 0.3) is 11.3 Å². The van der Waals surface area contributed by atoms with Gasteiger partial charge in [0.2, 0.25) is 0 Å². The van der Waals surface area contributed by atoms with Crippen molar-refractivity contribution in [1.82, 2.24) is 9.88 Å². The van der Waals surface area contributed by atoms with Crippen LogP contribution in [0.1, 0.15) is 6.42 Å². The van der Waals surface area contributed by atoms with Gasteiger partial charge < -0.3 is 19.5 Å². The van der Waals surface area contributed by atoms with Gasteiger partial charge in [0.05, 0.1) is 38.3 Å². The third kappa shape index (κ3) is 5.94. The van der Waals surface area contributed by atoms with E-state index in [9.17, 15) is 4.39 Å². The van der Waals surface area contributed by atoms with E-state index in [4.69, 9.17) is 14.2 Å². The van der Waals surface area contributed by atoms with E-state index in [2.05, 4.69) is 15.2 Å². The van der Waals surface area contributed by atoms with Crippen LogP contribution in [-0.2, 0) is 4.74 Å². The van der Waals surface area contributed by atoms with E-state index >= 15 is 0 Å². The highest BCUT2D eigenvalue weighted by Crippen LogP contribution is 2.32. The Morgan fingerprint density at radius 3 is 2.74 bits per heavy atom. The second kappa shape index (κ2) is 10.6. The van der Waals surface area contributed by atoms with Crippen molar-refractivity contribution in [1.29, 1.82) is 0 Å². The molecular weight excluding hydrogens is 417 g/mol. The third-order valence-corrected chi connectivity index (χ3v) is 5.81. The molecule has 2 heterocycles. The van der Waals surface area contributed by atoms with Gasteiger partial charge in [-0.05, 0) is 42.8 Å². The maximum atomic E-state index is 13.6. The van der Waals surface area contributed by atoms with Crippen LogP contribution in [0.3, 0.4) is 0 Å². The van der Waals surface area contributed by atoms with Crippen molar-refractivity contribution < 1.29 is 18.6 Å². The van der Waals surface area contributed by atoms with Crippen LogP contribution < -0.4 is 14.8 Å². The number of methoxy groups -OCH3 is 1. The molecule has 0 radical (unpaired) electrons. The van der Waals surface area contributed by atoms with Crippen LogP contribution in [0.15, 0.2) is 47.8 Å². The lowest BCUT2D eigenvalue weighted by Gasteiger charge is -2.26. The van der Waals surface area contributed by atoms with Crippen molar-refractivity contribution in [2.45, 2.75) is 6.42 Å². The van der Waals surface area contributed by atoms with Gasteiger partial charge in [0.15, 0.2) is 5.13 Å². The van der Waals surface area contributed by atoms with Crippen molar-refractivity contribution in [3.8, 4) is 22.8 Å². The van der Waals surface area contributed by atoms with E-state index in [1.807, 2.05) is 29.6 Å². The van der Waals surface area contributed by atoms with Crippen LogP contribution in [0.2, 0.25) is 0 Å². The summed E-state index contributed by atoms with van der Waals surface area (Å²) in [5.41, 5.74) is 2.39. The van der Waals surface area contributed by atoms with Gasteiger partial charge in [0.1, 0.15) is 17.3 Å². The molecule has 1 aliphatic rings. The summed E-state index contributed by atoms with van der Waals surface area (Å²) >= 11 is 1.45. The van der Waals surface area contributed by atoms with Crippen LogP contribution in [0.5, 0.6) is 11.5 Å². The maximum Gasteiger partial charge on any atom is 0.187 e. The Labute approximate surface area is 185 Å². The van der Waals surface area contributed by atoms with E-state index in [1.54, 1.807) is 13.2 Å². The summed E-state index contributed by atoms with van der Waals surface area (Å²) in [6.07, 6.45) is 0.992. The van der Waals surface area contributed by atoms with Crippen LogP contribution in [0, 0.1) is 5.82 Å². The molecule has 6 nitrogen and oxygen atoms in total. The van der Waals surface area contributed by atoms with Crippen LogP contribution >= 0.6 is 11.3 Å². The average Bonchev–Trinajstić information content (AvgIpc) is 3.26. The smallest absolute Gasteiger partial charge is 0.187 e. The van der Waals surface area contributed by atoms with Crippen molar-refractivity contribution in [3.05, 3.63) is 53.7 Å². The molecule has 1 saturated heterocycles. The summed E-state index contributed by atoms with van der Waals surface area (Å²) in [6, 6.07) is 12.3. The molecule has 1 N–H and O–H groups in total. The molecule has 0 bridgehead atoms. The zero-order chi connectivity index (χ0) is 21.5. The quantitative estimate of drug-likeness (QED) is 0.480. The minimum Gasteiger partial charge on any atom is -0.495 e. The summed E-state index contributed by atoms with van der Waals surface area (Å²) in [6.45, 7) is 5.39. The second-order valence-electron chi connectivity index (χ2n) is 7.19. The predicted octanol–water partition coefficient (Wildman–Crippen LogP) is 4.80. The molecule has 0 saturated carbocycles. The highest BCUT2D eigenvalue weighted by Gasteiger charge is 2.11. The molecule has 2 aromatic carbocycles. The first-order valence-corrected chi connectivity index (χ1v) is 11.2. The third-order valence-electron chi connectivity index (χ3n) is 5.05. The summed E-state index contributed by atoms with van der Waals surface area (Å²) in [4.78, 5) is 7.02. The van der Waals surface area contributed by atoms with Gasteiger partial charge >= 0.3 is 0 Å². The van der Waals surface area contributed by atoms with E-state index in [-0.39, 0.29) is 5.82 Å². The van der Waals surface area contributed by atoms with Gasteiger partial charge in [0.25, 0.3) is 0 Å². The highest BCUT2D eigenvalue weighted by molar-refractivity contribution is 7.14. The zero-order valence-corrected chi connectivity index (χ0v) is 18.3. The number of aromatic nitrogens is 1. The molecule has 0 unspecified atom stereocenters. The Morgan fingerprint density at radius 2 is 1.97 bits per heavy atom. The Kier molecular flexibility index (Phi) is 7.35. The number of nitrogens with zero attached hydrogens (tertiary/aromatic N) is 2. The minimum atomic E-state index is -0.333. The van der Waals surface area contributed by atoms with Gasteiger partial charge in [-0.3, -0.25) is 4.90 Å². The molecule has 164 valence electrons. The van der Waals surface area contributed by atoms with Gasteiger partial charge in [-0.1, -0.05) is 0 Å². The molecule has 8 heteroatoms. The van der Waals surface area contributed by atoms with Crippen LogP contribution in [-0.4, -0.2) is 56.4 Å². The van der Waals surface area contributed by atoms with Gasteiger partial charge in [-0.25, -0.2) is 9.37 Å². The lowest BCUT2D eigenvalue weighted by Crippen LogP contribution is -2.37. The number of hydrogen-bond donors (Lipinski definition) is 1. The lowest BCUT2D eigenvalue weighted by atomic mass is 10.2. The largest absolute Gasteiger partial charge is 0.495 e. The topological polar surface area (TPSA) is 55.8 Å². The Morgan fingerprint density at radius 1 is 1.16 bits per heavy atom. The summed E-state index contributed by atoms with van der Waals surface area (Å²) in [5.74, 6) is 1.08. The number of halogens is 1. The summed E-state index contributed by atoms with van der Waals surface area (Å²) < 4.78 is 30.1. The number of rotatable bonds is 9. The fourth-order valence-electron chi connectivity index (χ4n) is 3.38. The first-order valence-electron chi connectivity index (χ1n) is 10.3. The number of morpholine rings is 1. The molecule has 0 spiro atoms. The van der Waals surface area contributed by atoms with E-state index in [1.165, 1.54) is 23.5 Å². The standard InChI is InChI=1S/C23H26FN3O3S/c1-28-22-8-5-18(24)15-20(22)25-23-26-21(16-31-23)17-3-6-19(7-4-17)30-12-2-9-27-10-13-29-14-11-27/h3-8,15-16H,2,9-14H2,1H3,(H,25,26). The lowest BCUT2D eigenvalue weighted by molar-refractivity contribution is 0.0358. The Hall–Kier alpha value is -2.68. The zero-order valence-electron chi connectivity index (χ0n) is 17.5. The fourth-order valence-corrected chi connectivity index (χ4v) is 4.11. The highest BCUT2D eigenvalue weighted by atomic mass is 32.1. The summed E-state index contributed by atoms with van der Waals surface area (Å²) in [7, 11) is 1.55. The van der Waals surface area contributed by atoms with Gasteiger partial charge in [-0.15, -0.1) is 11.3 Å². The number of thiazole rings is 1. The number of benzene rings is 2. The molecule has 0 aliphatic carbocycles. The summed E-state index contributed by atoms with van der Waals surface area (Å²) in [5, 5.41) is 5.77. The monoisotopic (exact) mass is 443 g/mol. The van der Waals surface area contributed by atoms with Gasteiger partial charge in [-0.2, -0.15) is 0 Å². The molecule has 0 amide bonds. The van der Waals surface area contributed by atoms with Gasteiger partial charge in [0, 0.05) is 36.6 Å². The molecule has 1 aliphatic heterocycles. The molecule has 1 fully saturated rings. The molecule has 31 heavy (non-hydrogen) atoms. The molecule has 3 aromatic rings. The fraction of sp³-hybridized carbons (Fsp3) is 0.348. The normalized spacial score (nSPS) is 14.4. The van der Waals surface area contributed by atoms with Crippen molar-refractivity contribution >= 4 is 22.2 Å². The predicted molar refractivity (Wildman–Crippen MR) is 121 cm³/mol. The number of anilines is 2. The molecule has 4 rings (SSSR count). The first-order chi connectivity index (χ1) is 15.2. The number of nitrogens with one attached hydrogen (secondary N) is 1. The average molecular weight is 444 g/mol. The first kappa shape index (κ1) is 21.5. The number of hydrogen-bond acceptors (Lipinski definition) is 7. The Bertz CT molecular complexity index is 974. The number of ether oxygens (including phenoxy) is 3.